The molecule has 1 aliphatic rings. The molecule has 0 amide bonds. The van der Waals surface area contributed by atoms with E-state index in [9.17, 15) is 0 Å². The maximum absolute atomic E-state index is 5.47. The second-order valence-corrected chi connectivity index (χ2v) is 7.09. The van der Waals surface area contributed by atoms with Gasteiger partial charge in [-0.1, -0.05) is 6.07 Å². The largest absolute Gasteiger partial charge is 0.380 e. The van der Waals surface area contributed by atoms with Gasteiger partial charge in [0.05, 0.1) is 23.5 Å². The molecule has 8 nitrogen and oxygen atoms in total. The molecule has 0 aliphatic carbocycles. The minimum atomic E-state index is 0.256. The molecule has 0 spiro atoms. The number of nitrogens with zero attached hydrogens (tertiary/aromatic N) is 6. The van der Waals surface area contributed by atoms with Gasteiger partial charge < -0.3 is 9.64 Å². The number of benzene rings is 1. The maximum atomic E-state index is 5.47. The summed E-state index contributed by atoms with van der Waals surface area (Å²) in [5.41, 5.74) is 4.78. The highest BCUT2D eigenvalue weighted by Crippen LogP contribution is 2.31. The van der Waals surface area contributed by atoms with Gasteiger partial charge in [-0.2, -0.15) is 10.2 Å². The molecule has 4 heterocycles. The fourth-order valence-electron chi connectivity index (χ4n) is 3.74. The van der Waals surface area contributed by atoms with E-state index in [2.05, 4.69) is 42.3 Å². The minimum Gasteiger partial charge on any atom is -0.380 e. The molecular formula is C20H21N7O. The fourth-order valence-corrected chi connectivity index (χ4v) is 3.74. The van der Waals surface area contributed by atoms with Gasteiger partial charge >= 0.3 is 0 Å². The van der Waals surface area contributed by atoms with E-state index in [0.29, 0.717) is 0 Å². The lowest BCUT2D eigenvalue weighted by Crippen LogP contribution is -2.23. The zero-order valence-electron chi connectivity index (χ0n) is 15.8. The summed E-state index contributed by atoms with van der Waals surface area (Å²) in [4.78, 5) is 11.2. The number of ether oxygens (including phenoxy) is 1. The monoisotopic (exact) mass is 375 g/mol. The van der Waals surface area contributed by atoms with Crippen LogP contribution in [0.15, 0.2) is 43.0 Å². The average Bonchev–Trinajstić information content (AvgIpc) is 3.46. The van der Waals surface area contributed by atoms with Gasteiger partial charge in [-0.15, -0.1) is 0 Å². The van der Waals surface area contributed by atoms with Crippen LogP contribution in [0.25, 0.3) is 33.4 Å². The third kappa shape index (κ3) is 2.91. The Morgan fingerprint density at radius 2 is 2.11 bits per heavy atom. The van der Waals surface area contributed by atoms with Gasteiger partial charge in [-0.3, -0.25) is 9.78 Å². The highest BCUT2D eigenvalue weighted by Gasteiger charge is 2.24. The number of nitrogens with one attached hydrogen (secondary N) is 1. The molecule has 3 aromatic heterocycles. The van der Waals surface area contributed by atoms with E-state index in [0.717, 1.165) is 58.7 Å². The molecule has 8 heteroatoms. The van der Waals surface area contributed by atoms with Crippen LogP contribution in [-0.4, -0.2) is 56.2 Å². The van der Waals surface area contributed by atoms with Crippen molar-refractivity contribution in [3.05, 3.63) is 43.0 Å². The highest BCUT2D eigenvalue weighted by atomic mass is 16.5. The summed E-state index contributed by atoms with van der Waals surface area (Å²) < 4.78 is 7.27. The van der Waals surface area contributed by atoms with Crippen LogP contribution in [-0.2, 0) is 11.8 Å². The molecule has 5 rings (SSSR count). The summed E-state index contributed by atoms with van der Waals surface area (Å²) >= 11 is 0. The van der Waals surface area contributed by atoms with Crippen molar-refractivity contribution in [3.8, 4) is 22.5 Å². The summed E-state index contributed by atoms with van der Waals surface area (Å²) in [5, 5.41) is 12.9. The van der Waals surface area contributed by atoms with E-state index < -0.39 is 0 Å². The molecule has 1 aromatic carbocycles. The number of hydrogen-bond acceptors (Lipinski definition) is 6. The second kappa shape index (κ2) is 6.72. The molecule has 1 fully saturated rings. The molecule has 0 bridgehead atoms. The smallest absolute Gasteiger partial charge is 0.132 e. The molecule has 1 atom stereocenters. The predicted molar refractivity (Wildman–Crippen MR) is 107 cm³/mol. The Bertz CT molecular complexity index is 1130. The molecule has 28 heavy (non-hydrogen) atoms. The first-order chi connectivity index (χ1) is 13.7. The van der Waals surface area contributed by atoms with Crippen LogP contribution in [0, 0.1) is 0 Å². The Labute approximate surface area is 162 Å². The lowest BCUT2D eigenvalue weighted by atomic mass is 10.1. The third-order valence-electron chi connectivity index (χ3n) is 5.30. The van der Waals surface area contributed by atoms with E-state index in [1.807, 2.05) is 31.6 Å². The van der Waals surface area contributed by atoms with Crippen molar-refractivity contribution in [2.45, 2.75) is 12.5 Å². The number of hydrogen-bond donors (Lipinski definition) is 1. The first-order valence-electron chi connectivity index (χ1n) is 9.28. The van der Waals surface area contributed by atoms with Crippen molar-refractivity contribution in [2.75, 3.05) is 25.1 Å². The number of aromatic amines is 1. The Hall–Kier alpha value is -3.26. The van der Waals surface area contributed by atoms with E-state index in [4.69, 9.17) is 4.74 Å². The molecule has 1 N–H and O–H groups in total. The summed E-state index contributed by atoms with van der Waals surface area (Å²) in [5.74, 6) is 0.907. The van der Waals surface area contributed by atoms with Gasteiger partial charge in [0.1, 0.15) is 17.8 Å². The highest BCUT2D eigenvalue weighted by molar-refractivity contribution is 5.95. The van der Waals surface area contributed by atoms with Crippen LogP contribution < -0.4 is 4.90 Å². The van der Waals surface area contributed by atoms with Crippen LogP contribution in [0.1, 0.15) is 6.42 Å². The summed E-state index contributed by atoms with van der Waals surface area (Å²) in [7, 11) is 3.68. The molecule has 0 unspecified atom stereocenters. The number of methoxy groups -OCH3 is 1. The number of H-pyrrole nitrogens is 1. The van der Waals surface area contributed by atoms with Gasteiger partial charge in [0.2, 0.25) is 0 Å². The number of rotatable bonds is 4. The van der Waals surface area contributed by atoms with Crippen molar-refractivity contribution in [3.63, 3.8) is 0 Å². The van der Waals surface area contributed by atoms with Gasteiger partial charge in [0, 0.05) is 50.5 Å². The van der Waals surface area contributed by atoms with Gasteiger partial charge in [0.25, 0.3) is 0 Å². The standard InChI is InChI=1S/C20H21N7O/c1-26-10-14(9-23-26)13-3-4-17-16(7-13)20(25-24-17)18-8-19(22-12-21-18)27-6-5-15(11-27)28-2/h3-4,7-10,12,15H,5-6,11H2,1-2H3,(H,24,25)/t15-/m1/s1. The second-order valence-electron chi connectivity index (χ2n) is 7.09. The third-order valence-corrected chi connectivity index (χ3v) is 5.30. The summed E-state index contributed by atoms with van der Waals surface area (Å²) in [6, 6.07) is 8.25. The minimum absolute atomic E-state index is 0.256. The quantitative estimate of drug-likeness (QED) is 0.590. The zero-order valence-corrected chi connectivity index (χ0v) is 15.8. The van der Waals surface area contributed by atoms with Crippen molar-refractivity contribution in [1.29, 1.82) is 0 Å². The maximum Gasteiger partial charge on any atom is 0.132 e. The van der Waals surface area contributed by atoms with Gasteiger partial charge in [0.15, 0.2) is 0 Å². The van der Waals surface area contributed by atoms with Crippen LogP contribution >= 0.6 is 0 Å². The molecule has 0 radical (unpaired) electrons. The first-order valence-corrected chi connectivity index (χ1v) is 9.28. The molecule has 1 saturated heterocycles. The Balaban J connectivity index is 1.53. The van der Waals surface area contributed by atoms with Crippen LogP contribution in [0.4, 0.5) is 5.82 Å². The van der Waals surface area contributed by atoms with Gasteiger partial charge in [-0.05, 0) is 24.1 Å². The zero-order chi connectivity index (χ0) is 19.1. The Kier molecular flexibility index (Phi) is 4.05. The van der Waals surface area contributed by atoms with Crippen LogP contribution in [0.5, 0.6) is 0 Å². The van der Waals surface area contributed by atoms with Crippen LogP contribution in [0.3, 0.4) is 0 Å². The summed E-state index contributed by atoms with van der Waals surface area (Å²) in [6.45, 7) is 1.78. The van der Waals surface area contributed by atoms with E-state index in [1.54, 1.807) is 18.1 Å². The molecule has 142 valence electrons. The molecule has 4 aromatic rings. The SMILES string of the molecule is CO[C@@H]1CCN(c2cc(-c3n[nH]c4ccc(-c5cnn(C)c5)cc34)ncn2)C1. The number of fused-ring (bicyclic) bond motifs is 1. The summed E-state index contributed by atoms with van der Waals surface area (Å²) in [6.07, 6.45) is 6.74. The van der Waals surface area contributed by atoms with Crippen molar-refractivity contribution < 1.29 is 4.74 Å². The topological polar surface area (TPSA) is 84.8 Å². The molecular weight excluding hydrogens is 354 g/mol. The molecule has 1 aliphatic heterocycles. The van der Waals surface area contributed by atoms with Crippen molar-refractivity contribution >= 4 is 16.7 Å². The number of anilines is 1. The average molecular weight is 375 g/mol. The van der Waals surface area contributed by atoms with E-state index >= 15 is 0 Å². The van der Waals surface area contributed by atoms with E-state index in [1.165, 1.54) is 0 Å². The fraction of sp³-hybridized carbons (Fsp3) is 0.300. The van der Waals surface area contributed by atoms with Crippen LogP contribution in [0.2, 0.25) is 0 Å². The van der Waals surface area contributed by atoms with Gasteiger partial charge in [-0.25, -0.2) is 9.97 Å². The lowest BCUT2D eigenvalue weighted by molar-refractivity contribution is 0.121. The number of aryl methyl sites for hydroxylation is 1. The number of aromatic nitrogens is 6. The lowest BCUT2D eigenvalue weighted by Gasteiger charge is -2.17. The Morgan fingerprint density at radius 1 is 1.18 bits per heavy atom. The first kappa shape index (κ1) is 16.9. The normalized spacial score (nSPS) is 16.9. The Morgan fingerprint density at radius 3 is 2.89 bits per heavy atom. The molecule has 0 saturated carbocycles. The predicted octanol–water partition coefficient (Wildman–Crippen LogP) is 2.65. The van der Waals surface area contributed by atoms with E-state index in [-0.39, 0.29) is 6.10 Å². The van der Waals surface area contributed by atoms with Crippen molar-refractivity contribution in [2.24, 2.45) is 7.05 Å². The van der Waals surface area contributed by atoms with Crippen molar-refractivity contribution in [1.82, 2.24) is 29.9 Å².